The van der Waals surface area contributed by atoms with Gasteiger partial charge in [0.25, 0.3) is 11.8 Å². The van der Waals surface area contributed by atoms with Crippen LogP contribution in [-0.2, 0) is 65.0 Å². The van der Waals surface area contributed by atoms with Gasteiger partial charge in [0, 0.05) is 34.4 Å². The molecule has 0 bridgehead atoms. The molecule has 3 amide bonds. The molecule has 2 aromatic carbocycles. The normalized spacial score (nSPS) is 17.4. The highest BCUT2D eigenvalue weighted by atomic mass is 35.5. The fourth-order valence-electron chi connectivity index (χ4n) is 8.15. The molecule has 0 unspecified atom stereocenters. The maximum absolute atomic E-state index is 15.4. The molecule has 4 atom stereocenters. The van der Waals surface area contributed by atoms with Gasteiger partial charge in [-0.05, 0) is 62.4 Å². The number of carbonyl (C=O) groups excluding carboxylic acids is 3. The molecule has 31 heteroatoms. The van der Waals surface area contributed by atoms with Gasteiger partial charge in [0.1, 0.15) is 36.5 Å². The van der Waals surface area contributed by atoms with Crippen LogP contribution in [0.3, 0.4) is 0 Å². The van der Waals surface area contributed by atoms with Crippen molar-refractivity contribution in [2.75, 3.05) is 17.4 Å². The number of sulfonamides is 1. The van der Waals surface area contributed by atoms with Crippen molar-refractivity contribution in [3.63, 3.8) is 0 Å². The van der Waals surface area contributed by atoms with Gasteiger partial charge in [0.05, 0.1) is 33.9 Å². The number of rotatable bonds is 15. The third-order valence-electron chi connectivity index (χ3n) is 10.9. The minimum Gasteiger partial charge on any atom is -0.422 e. The Balaban J connectivity index is 1.36. The summed E-state index contributed by atoms with van der Waals surface area (Å²) in [4.78, 5) is 62.2. The maximum atomic E-state index is 15.4. The number of halogens is 11. The van der Waals surface area contributed by atoms with Gasteiger partial charge in [0.2, 0.25) is 22.7 Å². The summed E-state index contributed by atoms with van der Waals surface area (Å²) in [5.41, 5.74) is -5.14. The van der Waals surface area contributed by atoms with E-state index in [2.05, 4.69) is 29.8 Å². The van der Waals surface area contributed by atoms with Crippen LogP contribution < -0.4 is 14.9 Å². The molecule has 0 saturated heterocycles. The van der Waals surface area contributed by atoms with Crippen molar-refractivity contribution in [2.24, 2.45) is 5.92 Å². The van der Waals surface area contributed by atoms with Crippen molar-refractivity contribution < 1.29 is 90.3 Å². The summed E-state index contributed by atoms with van der Waals surface area (Å²) in [7, 11) is -10.1. The van der Waals surface area contributed by atoms with E-state index in [1.165, 1.54) is 19.1 Å². The summed E-state index contributed by atoms with van der Waals surface area (Å²) in [5, 5.41) is 10.3. The summed E-state index contributed by atoms with van der Waals surface area (Å²) in [5.74, 6) is -12.6. The highest BCUT2D eigenvalue weighted by Gasteiger charge is 2.68. The number of aromatic nitrogens is 5. The first-order chi connectivity index (χ1) is 32.2. The van der Waals surface area contributed by atoms with Gasteiger partial charge in [-0.2, -0.15) is 49.6 Å². The lowest BCUT2D eigenvalue weighted by molar-refractivity contribution is -0.143. The smallest absolute Gasteiger partial charge is 0.422 e. The van der Waals surface area contributed by atoms with E-state index in [4.69, 9.17) is 21.4 Å². The van der Waals surface area contributed by atoms with Crippen LogP contribution in [0.4, 0.5) is 54.5 Å². The van der Waals surface area contributed by atoms with E-state index in [9.17, 15) is 62.5 Å². The molecule has 7 rings (SSSR count). The Labute approximate surface area is 392 Å². The quantitative estimate of drug-likeness (QED) is 0.0475. The van der Waals surface area contributed by atoms with Crippen molar-refractivity contribution in [1.29, 1.82) is 0 Å². The number of amides is 3. The number of anilines is 1. The zero-order valence-corrected chi connectivity index (χ0v) is 38.2. The van der Waals surface area contributed by atoms with Crippen LogP contribution in [0.2, 0.25) is 5.02 Å². The number of nitrogens with zero attached hydrogens (tertiary/aromatic N) is 6. The number of hydrogen-bond donors (Lipinski definition) is 4. The van der Waals surface area contributed by atoms with Crippen molar-refractivity contribution in [1.82, 2.24) is 35.2 Å². The van der Waals surface area contributed by atoms with Gasteiger partial charge < -0.3 is 25.2 Å². The molecule has 4 N–H and O–H groups in total. The number of nitrogens with one attached hydrogen (secondary N) is 2. The number of phosphoric acid groups is 1. The summed E-state index contributed by atoms with van der Waals surface area (Å²) in [6.45, 7) is -2.34. The molecular weight excluding hydrogens is 1030 g/mol. The first-order valence-electron chi connectivity index (χ1n) is 20.0. The van der Waals surface area contributed by atoms with Gasteiger partial charge >= 0.3 is 26.3 Å². The zero-order chi connectivity index (χ0) is 51.8. The van der Waals surface area contributed by atoms with E-state index in [1.54, 1.807) is 0 Å². The van der Waals surface area contributed by atoms with Crippen molar-refractivity contribution in [3.8, 4) is 11.1 Å². The molecule has 3 aromatic heterocycles. The minimum atomic E-state index is -5.20. The third-order valence-corrected chi connectivity index (χ3v) is 12.6. The summed E-state index contributed by atoms with van der Waals surface area (Å²) >= 11 is 6.56. The number of benzene rings is 2. The highest BCUT2D eigenvalue weighted by Crippen LogP contribution is 2.68. The van der Waals surface area contributed by atoms with Gasteiger partial charge in [-0.25, -0.2) is 31.1 Å². The molecule has 5 aromatic rings. The summed E-state index contributed by atoms with van der Waals surface area (Å²) in [6.07, 6.45) is -12.4. The SMILES string of the molecule is Cc1ccc(-c2ccc(Cl)c3c(N(C(=O)[C@H](C)NC(=O)OCOP(=O)(O)O)S(C)(=O)=O)nn(CC(F)(F)F)c23)c([C@H](Cc2cc(F)cc(F)c2)NC(=O)Cn2nc(C(F)(F)F)c3c2C(F)(F)[C@@H]2C[C@H]32)n1. The fourth-order valence-corrected chi connectivity index (χ4v) is 9.51. The molecule has 70 heavy (non-hydrogen) atoms. The first-order valence-corrected chi connectivity index (χ1v) is 23.7. The monoisotopic (exact) mass is 1060 g/mol. The number of fused-ring (bicyclic) bond motifs is 4. The molecule has 3 heterocycles. The number of phosphoric ester groups is 1. The Hall–Kier alpha value is -5.87. The molecule has 18 nitrogen and oxygen atoms in total. The van der Waals surface area contributed by atoms with Gasteiger partial charge in [-0.15, -0.1) is 0 Å². The van der Waals surface area contributed by atoms with Crippen molar-refractivity contribution in [2.45, 2.75) is 76.1 Å². The lowest BCUT2D eigenvalue weighted by Crippen LogP contribution is -2.49. The molecule has 378 valence electrons. The van der Waals surface area contributed by atoms with Crippen molar-refractivity contribution >= 4 is 64.1 Å². The Bertz CT molecular complexity index is 3090. The topological polar surface area (TPSA) is 237 Å². The van der Waals surface area contributed by atoms with E-state index < -0.39 is 155 Å². The number of aryl methyl sites for hydroxylation is 1. The lowest BCUT2D eigenvalue weighted by atomic mass is 9.93. The van der Waals surface area contributed by atoms with Crippen molar-refractivity contribution in [3.05, 3.63) is 93.0 Å². The molecule has 2 aliphatic carbocycles. The average Bonchev–Trinajstić information content (AvgIpc) is 3.71. The molecule has 0 radical (unpaired) electrons. The van der Waals surface area contributed by atoms with Crippen LogP contribution in [0.5, 0.6) is 0 Å². The second kappa shape index (κ2) is 18.4. The van der Waals surface area contributed by atoms with Gasteiger partial charge in [-0.1, -0.05) is 23.7 Å². The van der Waals surface area contributed by atoms with Crippen LogP contribution in [0.1, 0.15) is 59.2 Å². The van der Waals surface area contributed by atoms with E-state index in [0.29, 0.717) is 12.3 Å². The molecule has 0 spiro atoms. The Morgan fingerprint density at radius 1 is 1.00 bits per heavy atom. The Morgan fingerprint density at radius 2 is 1.64 bits per heavy atom. The van der Waals surface area contributed by atoms with E-state index >= 15 is 8.78 Å². The summed E-state index contributed by atoms with van der Waals surface area (Å²) in [6, 6.07) is 3.23. The number of carbonyl (C=O) groups is 3. The zero-order valence-electron chi connectivity index (χ0n) is 35.7. The number of ether oxygens (including phenoxy) is 1. The lowest BCUT2D eigenvalue weighted by Gasteiger charge is -2.24. The van der Waals surface area contributed by atoms with Crippen LogP contribution in [-0.4, -0.2) is 85.9 Å². The van der Waals surface area contributed by atoms with Gasteiger partial charge in [0.15, 0.2) is 11.5 Å². The van der Waals surface area contributed by atoms with E-state index in [1.807, 2.05) is 5.32 Å². The Kier molecular flexibility index (Phi) is 13.6. The van der Waals surface area contributed by atoms with E-state index in [-0.39, 0.29) is 48.2 Å². The molecule has 1 fully saturated rings. The minimum absolute atomic E-state index is 0.103. The Morgan fingerprint density at radius 3 is 2.24 bits per heavy atom. The number of pyridine rings is 1. The highest BCUT2D eigenvalue weighted by molar-refractivity contribution is 7.92. The maximum Gasteiger partial charge on any atom is 0.472 e. The number of alkyl halides is 8. The van der Waals surface area contributed by atoms with Gasteiger partial charge in [-0.3, -0.25) is 23.9 Å². The van der Waals surface area contributed by atoms with Crippen LogP contribution >= 0.6 is 19.4 Å². The van der Waals surface area contributed by atoms with Crippen LogP contribution in [0.25, 0.3) is 22.0 Å². The largest absolute Gasteiger partial charge is 0.472 e. The number of alkyl carbamates (subject to hydrolysis) is 1. The average molecular weight is 1060 g/mol. The predicted octanol–water partition coefficient (Wildman–Crippen LogP) is 6.90. The second-order valence-corrected chi connectivity index (χ2v) is 19.6. The molecule has 2 aliphatic rings. The second-order valence-electron chi connectivity index (χ2n) is 16.1. The molecule has 1 saturated carbocycles. The third kappa shape index (κ3) is 10.9. The standard InChI is InChI=1S/C39H34ClF10N8O10PS/c1-16-4-5-21(22-6-7-25(40)29-31(22)57(14-37(43,44)45)55-34(29)58(70(3,65)66)35(60)17(2)52-36(61)67-15-68-69(62,63)64)30(51-16)26(10-18-8-19(41)11-20(42)9-18)53-27(59)13-56-33-28(32(54-56)39(48,49)50)23-12-24(23)38(33,46)47/h4-9,11,17,23-24,26H,10,12-15H2,1-3H3,(H,52,61)(H,53,59)(H2,62,63,64)/t17-,23-,24+,26-/m0/s1. The number of hydrogen-bond acceptors (Lipinski definition) is 11. The van der Waals surface area contributed by atoms with Crippen LogP contribution in [0, 0.1) is 24.5 Å². The summed E-state index contributed by atoms with van der Waals surface area (Å²) < 4.78 is 192. The van der Waals surface area contributed by atoms with Crippen LogP contribution in [0.15, 0.2) is 42.5 Å². The van der Waals surface area contributed by atoms with E-state index in [0.717, 1.165) is 31.2 Å². The molecular formula is C39H34ClF10N8O10PS. The molecule has 0 aliphatic heterocycles. The fraction of sp³-hybridized carbons (Fsp3) is 0.385. The first kappa shape index (κ1) is 52.0. The predicted molar refractivity (Wildman–Crippen MR) is 221 cm³/mol.